The van der Waals surface area contributed by atoms with Crippen molar-refractivity contribution in [3.05, 3.63) is 48.6 Å². The fraction of sp³-hybridized carbons (Fsp3) is 0.522. The van der Waals surface area contributed by atoms with Crippen molar-refractivity contribution in [2.45, 2.75) is 51.6 Å². The van der Waals surface area contributed by atoms with Crippen LogP contribution in [0.1, 0.15) is 50.5 Å². The Balaban J connectivity index is 1.84. The van der Waals surface area contributed by atoms with Gasteiger partial charge >= 0.3 is 5.97 Å². The highest BCUT2D eigenvalue weighted by Crippen LogP contribution is 2.20. The average Bonchev–Trinajstić information content (AvgIpc) is 2.77. The van der Waals surface area contributed by atoms with Gasteiger partial charge in [-0.05, 0) is 43.7 Å². The summed E-state index contributed by atoms with van der Waals surface area (Å²) in [5.74, 6) is -0.859. The van der Waals surface area contributed by atoms with Gasteiger partial charge in [0.15, 0.2) is 0 Å². The van der Waals surface area contributed by atoms with Crippen LogP contribution in [-0.2, 0) is 25.7 Å². The number of rotatable bonds is 11. The molecule has 1 heterocycles. The van der Waals surface area contributed by atoms with E-state index in [9.17, 15) is 14.4 Å². The average molecular weight is 401 g/mol. The second kappa shape index (κ2) is 12.8. The van der Waals surface area contributed by atoms with Gasteiger partial charge in [0, 0.05) is 25.6 Å². The van der Waals surface area contributed by atoms with E-state index in [4.69, 9.17) is 4.74 Å². The van der Waals surface area contributed by atoms with Crippen molar-refractivity contribution in [1.29, 1.82) is 0 Å². The van der Waals surface area contributed by atoms with Crippen LogP contribution in [0.2, 0.25) is 0 Å². The molecule has 1 aromatic carbocycles. The number of benzene rings is 1. The predicted molar refractivity (Wildman–Crippen MR) is 112 cm³/mol. The van der Waals surface area contributed by atoms with Crippen LogP contribution in [0, 0.1) is 5.92 Å². The molecule has 0 aliphatic carbocycles. The summed E-state index contributed by atoms with van der Waals surface area (Å²) < 4.78 is 5.39. The van der Waals surface area contributed by atoms with Crippen LogP contribution in [0.25, 0.3) is 0 Å². The largest absolute Gasteiger partial charge is 0.461 e. The molecule has 0 aromatic heterocycles. The fourth-order valence-electron chi connectivity index (χ4n) is 3.48. The third-order valence-corrected chi connectivity index (χ3v) is 5.14. The summed E-state index contributed by atoms with van der Waals surface area (Å²) in [6.45, 7) is 5.71. The summed E-state index contributed by atoms with van der Waals surface area (Å²) >= 11 is 0. The summed E-state index contributed by atoms with van der Waals surface area (Å²) in [5.41, 5.74) is 0.928. The zero-order valence-electron chi connectivity index (χ0n) is 17.1. The molecular formula is C23H32N2O4. The van der Waals surface area contributed by atoms with Gasteiger partial charge in [0.05, 0.1) is 6.42 Å². The minimum Gasteiger partial charge on any atom is -0.461 e. The first-order valence-corrected chi connectivity index (χ1v) is 10.5. The van der Waals surface area contributed by atoms with Crippen LogP contribution in [-0.4, -0.2) is 42.3 Å². The number of amides is 2. The molecule has 158 valence electrons. The number of carbonyl (C=O) groups is 3. The van der Waals surface area contributed by atoms with Crippen molar-refractivity contribution in [2.24, 2.45) is 5.92 Å². The molecule has 2 rings (SSSR count). The van der Waals surface area contributed by atoms with Crippen LogP contribution in [0.15, 0.2) is 43.0 Å². The van der Waals surface area contributed by atoms with Gasteiger partial charge in [-0.2, -0.15) is 0 Å². The van der Waals surface area contributed by atoms with E-state index in [1.54, 1.807) is 0 Å². The Morgan fingerprint density at radius 3 is 2.52 bits per heavy atom. The van der Waals surface area contributed by atoms with E-state index in [1.807, 2.05) is 35.2 Å². The van der Waals surface area contributed by atoms with Crippen molar-refractivity contribution < 1.29 is 19.1 Å². The van der Waals surface area contributed by atoms with Crippen LogP contribution in [0.5, 0.6) is 0 Å². The van der Waals surface area contributed by atoms with Gasteiger partial charge in [0.1, 0.15) is 6.61 Å². The lowest BCUT2D eigenvalue weighted by molar-refractivity contribution is -0.150. The molecule has 0 unspecified atom stereocenters. The summed E-state index contributed by atoms with van der Waals surface area (Å²) in [7, 11) is 0. The van der Waals surface area contributed by atoms with Crippen LogP contribution in [0.4, 0.5) is 0 Å². The van der Waals surface area contributed by atoms with Crippen molar-refractivity contribution >= 4 is 17.8 Å². The first-order chi connectivity index (χ1) is 14.1. The van der Waals surface area contributed by atoms with E-state index in [0.717, 1.165) is 50.8 Å². The standard InChI is InChI=1S/C23H32N2O4/c1-2-21(26)24-14-8-7-13-20(23(28)25-15-9-4-10-16-25)17-22(27)29-18-19-11-5-3-6-12-19/h2-3,5-6,11-12,20H,1,4,7-10,13-18H2,(H,24,26)/t20-/m1/s1. The lowest BCUT2D eigenvalue weighted by atomic mass is 9.95. The van der Waals surface area contributed by atoms with E-state index >= 15 is 0 Å². The maximum Gasteiger partial charge on any atom is 0.306 e. The quantitative estimate of drug-likeness (QED) is 0.352. The minimum atomic E-state index is -0.369. The van der Waals surface area contributed by atoms with Gasteiger partial charge in [0.25, 0.3) is 0 Å². The van der Waals surface area contributed by atoms with E-state index in [1.165, 1.54) is 6.08 Å². The predicted octanol–water partition coefficient (Wildman–Crippen LogP) is 3.22. The number of nitrogens with one attached hydrogen (secondary N) is 1. The minimum absolute atomic E-state index is 0.0523. The van der Waals surface area contributed by atoms with Gasteiger partial charge in [-0.1, -0.05) is 43.3 Å². The monoisotopic (exact) mass is 400 g/mol. The molecule has 6 heteroatoms. The highest BCUT2D eigenvalue weighted by atomic mass is 16.5. The number of hydrogen-bond acceptors (Lipinski definition) is 4. The molecule has 6 nitrogen and oxygen atoms in total. The highest BCUT2D eigenvalue weighted by Gasteiger charge is 2.27. The van der Waals surface area contributed by atoms with Crippen LogP contribution < -0.4 is 5.32 Å². The maximum absolute atomic E-state index is 13.0. The molecule has 1 N–H and O–H groups in total. The summed E-state index contributed by atoms with van der Waals surface area (Å²) in [5, 5.41) is 2.73. The third-order valence-electron chi connectivity index (χ3n) is 5.14. The molecule has 1 aromatic rings. The molecular weight excluding hydrogens is 368 g/mol. The van der Waals surface area contributed by atoms with E-state index < -0.39 is 0 Å². The van der Waals surface area contributed by atoms with Crippen molar-refractivity contribution in [1.82, 2.24) is 10.2 Å². The lowest BCUT2D eigenvalue weighted by Crippen LogP contribution is -2.40. The Labute approximate surface area is 173 Å². The topological polar surface area (TPSA) is 75.7 Å². The number of esters is 1. The molecule has 0 saturated carbocycles. The van der Waals surface area contributed by atoms with E-state index in [2.05, 4.69) is 11.9 Å². The molecule has 0 spiro atoms. The number of unbranched alkanes of at least 4 members (excludes halogenated alkanes) is 1. The molecule has 1 saturated heterocycles. The number of carbonyl (C=O) groups excluding carboxylic acids is 3. The van der Waals surface area contributed by atoms with Gasteiger partial charge in [-0.25, -0.2) is 0 Å². The van der Waals surface area contributed by atoms with Crippen molar-refractivity contribution in [3.8, 4) is 0 Å². The zero-order valence-corrected chi connectivity index (χ0v) is 17.1. The SMILES string of the molecule is C=CC(=O)NCCCC[C@H](CC(=O)OCc1ccccc1)C(=O)N1CCCCC1. The summed E-state index contributed by atoms with van der Waals surface area (Å²) in [4.78, 5) is 38.4. The van der Waals surface area contributed by atoms with Crippen LogP contribution in [0.3, 0.4) is 0 Å². The number of likely N-dealkylation sites (tertiary alicyclic amines) is 1. The van der Waals surface area contributed by atoms with E-state index in [0.29, 0.717) is 13.0 Å². The fourth-order valence-corrected chi connectivity index (χ4v) is 3.48. The number of piperidine rings is 1. The maximum atomic E-state index is 13.0. The van der Waals surface area contributed by atoms with E-state index in [-0.39, 0.29) is 36.7 Å². The molecule has 29 heavy (non-hydrogen) atoms. The first kappa shape index (κ1) is 22.7. The molecule has 2 amide bonds. The number of ether oxygens (including phenoxy) is 1. The molecule has 0 bridgehead atoms. The van der Waals surface area contributed by atoms with Gasteiger partial charge in [-0.3, -0.25) is 14.4 Å². The Bertz CT molecular complexity index is 669. The van der Waals surface area contributed by atoms with Gasteiger partial charge in [-0.15, -0.1) is 0 Å². The molecule has 1 atom stereocenters. The molecule has 1 aliphatic heterocycles. The Kier molecular flexibility index (Phi) is 9.96. The number of hydrogen-bond donors (Lipinski definition) is 1. The lowest BCUT2D eigenvalue weighted by Gasteiger charge is -2.30. The summed E-state index contributed by atoms with van der Waals surface area (Å²) in [6, 6.07) is 9.52. The third kappa shape index (κ3) is 8.50. The highest BCUT2D eigenvalue weighted by molar-refractivity contribution is 5.86. The second-order valence-corrected chi connectivity index (χ2v) is 7.42. The van der Waals surface area contributed by atoms with Gasteiger partial charge < -0.3 is 15.0 Å². The zero-order chi connectivity index (χ0) is 20.9. The Morgan fingerprint density at radius 1 is 1.10 bits per heavy atom. The first-order valence-electron chi connectivity index (χ1n) is 10.5. The molecule has 1 fully saturated rings. The van der Waals surface area contributed by atoms with Crippen LogP contribution >= 0.6 is 0 Å². The van der Waals surface area contributed by atoms with Gasteiger partial charge in [0.2, 0.25) is 11.8 Å². The molecule has 1 aliphatic rings. The second-order valence-electron chi connectivity index (χ2n) is 7.42. The Morgan fingerprint density at radius 2 is 1.83 bits per heavy atom. The normalized spacial score (nSPS) is 14.7. The molecule has 0 radical (unpaired) electrons. The Hall–Kier alpha value is -2.63. The van der Waals surface area contributed by atoms with Crippen molar-refractivity contribution in [3.63, 3.8) is 0 Å². The smallest absolute Gasteiger partial charge is 0.306 e. The number of nitrogens with zero attached hydrogens (tertiary/aromatic N) is 1. The summed E-state index contributed by atoms with van der Waals surface area (Å²) in [6.07, 6.45) is 6.65. The van der Waals surface area contributed by atoms with Crippen molar-refractivity contribution in [2.75, 3.05) is 19.6 Å².